The van der Waals surface area contributed by atoms with Gasteiger partial charge in [0.25, 0.3) is 0 Å². The zero-order valence-electron chi connectivity index (χ0n) is 16.5. The van der Waals surface area contributed by atoms with Crippen LogP contribution in [0, 0.1) is 0 Å². The highest BCUT2D eigenvalue weighted by Crippen LogP contribution is 2.26. The van der Waals surface area contributed by atoms with Crippen LogP contribution in [0.15, 0.2) is 53.7 Å². The van der Waals surface area contributed by atoms with Gasteiger partial charge in [-0.05, 0) is 48.9 Å². The Hall–Kier alpha value is -3.20. The lowest BCUT2D eigenvalue weighted by Crippen LogP contribution is -2.30. The molecule has 1 atom stereocenters. The Kier molecular flexibility index (Phi) is 6.61. The van der Waals surface area contributed by atoms with Crippen molar-refractivity contribution in [2.45, 2.75) is 23.9 Å². The molecule has 0 fully saturated rings. The standard InChI is InChI=1S/C20H23N5O3S/c1-13(19(26)22-12-14-4-8-16(27-2)9-5-14)29-20-24-23-18(25(20)21)15-6-10-17(28-3)11-7-15/h4-11,13H,12,21H2,1-3H3,(H,22,26). The summed E-state index contributed by atoms with van der Waals surface area (Å²) in [5.41, 5.74) is 1.80. The van der Waals surface area contributed by atoms with Crippen molar-refractivity contribution in [3.8, 4) is 22.9 Å². The zero-order chi connectivity index (χ0) is 20.8. The molecule has 29 heavy (non-hydrogen) atoms. The number of aromatic nitrogens is 3. The minimum atomic E-state index is -0.386. The van der Waals surface area contributed by atoms with Gasteiger partial charge in [-0.25, -0.2) is 4.68 Å². The molecule has 3 aromatic rings. The van der Waals surface area contributed by atoms with Crippen LogP contribution in [0.25, 0.3) is 11.4 Å². The van der Waals surface area contributed by atoms with Gasteiger partial charge in [-0.3, -0.25) is 4.79 Å². The van der Waals surface area contributed by atoms with Crippen LogP contribution >= 0.6 is 11.8 Å². The highest BCUT2D eigenvalue weighted by atomic mass is 32.2. The molecule has 2 aromatic carbocycles. The van der Waals surface area contributed by atoms with E-state index in [4.69, 9.17) is 15.3 Å². The summed E-state index contributed by atoms with van der Waals surface area (Å²) in [7, 11) is 3.22. The molecule has 0 spiro atoms. The van der Waals surface area contributed by atoms with Crippen LogP contribution in [0.4, 0.5) is 0 Å². The third-order valence-electron chi connectivity index (χ3n) is 4.29. The van der Waals surface area contributed by atoms with Crippen molar-refractivity contribution in [1.29, 1.82) is 0 Å². The number of benzene rings is 2. The van der Waals surface area contributed by atoms with E-state index in [-0.39, 0.29) is 11.2 Å². The monoisotopic (exact) mass is 413 g/mol. The first kappa shape index (κ1) is 20.5. The molecule has 0 aliphatic carbocycles. The van der Waals surface area contributed by atoms with Gasteiger partial charge in [0.2, 0.25) is 11.1 Å². The maximum atomic E-state index is 12.4. The van der Waals surface area contributed by atoms with Crippen LogP contribution in [0.3, 0.4) is 0 Å². The molecule has 3 N–H and O–H groups in total. The molecule has 0 radical (unpaired) electrons. The third-order valence-corrected chi connectivity index (χ3v) is 5.35. The highest BCUT2D eigenvalue weighted by Gasteiger charge is 2.19. The highest BCUT2D eigenvalue weighted by molar-refractivity contribution is 8.00. The summed E-state index contributed by atoms with van der Waals surface area (Å²) in [5.74, 6) is 8.07. The normalized spacial score (nSPS) is 11.7. The topological polar surface area (TPSA) is 104 Å². The van der Waals surface area contributed by atoms with Crippen molar-refractivity contribution >= 4 is 17.7 Å². The number of nitrogens with zero attached hydrogens (tertiary/aromatic N) is 3. The number of amides is 1. The van der Waals surface area contributed by atoms with Crippen molar-refractivity contribution in [2.75, 3.05) is 20.1 Å². The quantitative estimate of drug-likeness (QED) is 0.432. The molecule has 9 heteroatoms. The van der Waals surface area contributed by atoms with Gasteiger partial charge >= 0.3 is 0 Å². The molecular weight excluding hydrogens is 390 g/mol. The molecule has 3 rings (SSSR count). The summed E-state index contributed by atoms with van der Waals surface area (Å²) >= 11 is 1.25. The molecule has 8 nitrogen and oxygen atoms in total. The van der Waals surface area contributed by atoms with E-state index in [0.29, 0.717) is 17.5 Å². The van der Waals surface area contributed by atoms with Crippen molar-refractivity contribution in [2.24, 2.45) is 0 Å². The Labute approximate surface area is 173 Å². The van der Waals surface area contributed by atoms with Crippen LogP contribution in [0.1, 0.15) is 12.5 Å². The van der Waals surface area contributed by atoms with E-state index in [0.717, 1.165) is 22.6 Å². The second-order valence-corrected chi connectivity index (χ2v) is 7.54. The van der Waals surface area contributed by atoms with Gasteiger partial charge in [-0.2, -0.15) is 0 Å². The van der Waals surface area contributed by atoms with Crippen LogP contribution in [-0.4, -0.2) is 40.3 Å². The number of carbonyl (C=O) groups excluding carboxylic acids is 1. The summed E-state index contributed by atoms with van der Waals surface area (Å²) in [6, 6.07) is 14.9. The van der Waals surface area contributed by atoms with E-state index in [1.165, 1.54) is 16.4 Å². The smallest absolute Gasteiger partial charge is 0.233 e. The number of thioether (sulfide) groups is 1. The number of hydrogen-bond donors (Lipinski definition) is 2. The Bertz CT molecular complexity index is 957. The van der Waals surface area contributed by atoms with Gasteiger partial charge in [0.1, 0.15) is 11.5 Å². The average molecular weight is 414 g/mol. The molecule has 152 valence electrons. The number of nitrogens with two attached hydrogens (primary N) is 1. The lowest BCUT2D eigenvalue weighted by Gasteiger charge is -2.12. The van der Waals surface area contributed by atoms with Crippen LogP contribution in [0.2, 0.25) is 0 Å². The first-order valence-corrected chi connectivity index (χ1v) is 9.82. The summed E-state index contributed by atoms with van der Waals surface area (Å²) in [4.78, 5) is 12.4. The number of nitrogen functional groups attached to an aromatic ring is 1. The van der Waals surface area contributed by atoms with E-state index in [9.17, 15) is 4.79 Å². The van der Waals surface area contributed by atoms with Gasteiger partial charge in [0.15, 0.2) is 5.82 Å². The molecule has 1 amide bonds. The fourth-order valence-corrected chi connectivity index (χ4v) is 3.38. The van der Waals surface area contributed by atoms with Gasteiger partial charge < -0.3 is 20.6 Å². The molecule has 0 saturated carbocycles. The Morgan fingerprint density at radius 3 is 2.24 bits per heavy atom. The molecule has 0 aliphatic rings. The lowest BCUT2D eigenvalue weighted by molar-refractivity contribution is -0.120. The molecule has 1 heterocycles. The number of nitrogens with one attached hydrogen (secondary N) is 1. The number of methoxy groups -OCH3 is 2. The average Bonchev–Trinajstić information content (AvgIpc) is 3.12. The summed E-state index contributed by atoms with van der Waals surface area (Å²) < 4.78 is 11.7. The van der Waals surface area contributed by atoms with E-state index >= 15 is 0 Å². The number of ether oxygens (including phenoxy) is 2. The predicted octanol–water partition coefficient (Wildman–Crippen LogP) is 2.47. The summed E-state index contributed by atoms with van der Waals surface area (Å²) in [6.45, 7) is 2.23. The molecule has 1 aromatic heterocycles. The van der Waals surface area contributed by atoms with Crippen molar-refractivity contribution < 1.29 is 14.3 Å². The maximum Gasteiger partial charge on any atom is 0.233 e. The number of carbonyl (C=O) groups is 1. The zero-order valence-corrected chi connectivity index (χ0v) is 17.3. The fourth-order valence-electron chi connectivity index (χ4n) is 2.58. The van der Waals surface area contributed by atoms with Gasteiger partial charge in [0, 0.05) is 12.1 Å². The molecule has 0 saturated heterocycles. The molecular formula is C20H23N5O3S. The minimum Gasteiger partial charge on any atom is -0.497 e. The molecule has 0 bridgehead atoms. The second kappa shape index (κ2) is 9.33. The number of rotatable bonds is 8. The predicted molar refractivity (Wildman–Crippen MR) is 112 cm³/mol. The Morgan fingerprint density at radius 1 is 1.07 bits per heavy atom. The first-order valence-electron chi connectivity index (χ1n) is 8.94. The third kappa shape index (κ3) is 5.00. The van der Waals surface area contributed by atoms with Gasteiger partial charge in [0.05, 0.1) is 19.5 Å². The van der Waals surface area contributed by atoms with Gasteiger partial charge in [-0.15, -0.1) is 10.2 Å². The summed E-state index contributed by atoms with van der Waals surface area (Å²) in [6.07, 6.45) is 0. The molecule has 0 aliphatic heterocycles. The van der Waals surface area contributed by atoms with Crippen LogP contribution in [0.5, 0.6) is 11.5 Å². The van der Waals surface area contributed by atoms with Crippen molar-refractivity contribution in [3.63, 3.8) is 0 Å². The summed E-state index contributed by atoms with van der Waals surface area (Å²) in [5, 5.41) is 11.3. The SMILES string of the molecule is COc1ccc(CNC(=O)C(C)Sc2nnc(-c3ccc(OC)cc3)n2N)cc1. The lowest BCUT2D eigenvalue weighted by atomic mass is 10.2. The van der Waals surface area contributed by atoms with Gasteiger partial charge in [-0.1, -0.05) is 23.9 Å². The van der Waals surface area contributed by atoms with E-state index in [1.54, 1.807) is 21.1 Å². The second-order valence-electron chi connectivity index (χ2n) is 6.23. The fraction of sp³-hybridized carbons (Fsp3) is 0.250. The van der Waals surface area contributed by atoms with E-state index in [1.807, 2.05) is 48.5 Å². The Morgan fingerprint density at radius 2 is 1.66 bits per heavy atom. The van der Waals surface area contributed by atoms with E-state index < -0.39 is 0 Å². The molecule has 1 unspecified atom stereocenters. The first-order chi connectivity index (χ1) is 14.0. The number of hydrogen-bond acceptors (Lipinski definition) is 7. The van der Waals surface area contributed by atoms with Crippen LogP contribution in [-0.2, 0) is 11.3 Å². The van der Waals surface area contributed by atoms with Crippen molar-refractivity contribution in [3.05, 3.63) is 54.1 Å². The Balaban J connectivity index is 1.60. The van der Waals surface area contributed by atoms with Crippen molar-refractivity contribution in [1.82, 2.24) is 20.2 Å². The minimum absolute atomic E-state index is 0.111. The van der Waals surface area contributed by atoms with E-state index in [2.05, 4.69) is 15.5 Å². The largest absolute Gasteiger partial charge is 0.497 e. The maximum absolute atomic E-state index is 12.4. The van der Waals surface area contributed by atoms with Crippen LogP contribution < -0.4 is 20.6 Å².